The van der Waals surface area contributed by atoms with Gasteiger partial charge < -0.3 is 18.0 Å². The molecule has 6 heteroatoms. The first-order chi connectivity index (χ1) is 4.18. The largest absolute Gasteiger partial charge is 1.00 e. The van der Waals surface area contributed by atoms with Crippen LogP contribution in [0.1, 0.15) is 14.3 Å². The third kappa shape index (κ3) is 10.7. The molecule has 0 aliphatic heterocycles. The van der Waals surface area contributed by atoms with Gasteiger partial charge >= 0.3 is 35.5 Å². The minimum absolute atomic E-state index is 0. The number of nitrogens with two attached hydrogens (primary N) is 2. The third-order valence-electron chi connectivity index (χ3n) is 1.04. The Morgan fingerprint density at radius 2 is 2.09 bits per heavy atom. The van der Waals surface area contributed by atoms with Crippen LogP contribution in [0.15, 0.2) is 0 Å². The molecule has 0 saturated carbocycles. The van der Waals surface area contributed by atoms with Crippen LogP contribution < -0.4 is 41.0 Å². The fraction of sp³-hybridized carbons (Fsp3) is 0.800. The van der Waals surface area contributed by atoms with E-state index in [1.807, 2.05) is 0 Å². The van der Waals surface area contributed by atoms with E-state index in [-0.39, 0.29) is 43.4 Å². The second kappa shape index (κ2) is 10.7. The minimum atomic E-state index is -0.955. The monoisotopic (exact) mass is 192 g/mol. The van der Waals surface area contributed by atoms with E-state index in [1.165, 1.54) is 0 Å². The molecule has 0 aromatic carbocycles. The Bertz CT molecular complexity index is 109. The van der Waals surface area contributed by atoms with Crippen molar-refractivity contribution in [2.75, 3.05) is 6.54 Å². The molecule has 0 saturated heterocycles. The van der Waals surface area contributed by atoms with Gasteiger partial charge in [-0.15, -0.1) is 12.4 Å². The Labute approximate surface area is 95.9 Å². The van der Waals surface area contributed by atoms with Crippen molar-refractivity contribution in [3.05, 3.63) is 0 Å². The zero-order valence-electron chi connectivity index (χ0n) is 7.62. The quantitative estimate of drug-likeness (QED) is 0.407. The molecule has 4 nitrogen and oxygen atoms in total. The Balaban J connectivity index is -0.000000107. The number of rotatable bonds is 4. The van der Waals surface area contributed by atoms with Crippen LogP contribution in [-0.4, -0.2) is 23.7 Å². The van der Waals surface area contributed by atoms with E-state index in [4.69, 9.17) is 16.6 Å². The molecule has 0 aromatic heterocycles. The second-order valence-electron chi connectivity index (χ2n) is 1.88. The number of aliphatic carboxylic acids is 1. The van der Waals surface area contributed by atoms with Crippen molar-refractivity contribution in [1.29, 1.82) is 0 Å². The summed E-state index contributed by atoms with van der Waals surface area (Å²) in [6.45, 7) is 0.501. The van der Waals surface area contributed by atoms with E-state index in [0.29, 0.717) is 19.4 Å². The standard InChI is InChI=1S/C5H12N2O2.ClH.Na.H/c6-3-1-2-4(7)5(8)9;;;/h4H,1-3,6-7H2,(H,8,9);1H;;/q;;+1;-1. The molecule has 0 rings (SSSR count). The molecular weight excluding hydrogens is 179 g/mol. The minimum Gasteiger partial charge on any atom is -1.00 e. The Hall–Kier alpha value is 0.680. The zero-order valence-corrected chi connectivity index (χ0v) is 9.43. The molecule has 0 bridgehead atoms. The smallest absolute Gasteiger partial charge is 1.00 e. The Morgan fingerprint density at radius 3 is 2.36 bits per heavy atom. The maximum atomic E-state index is 10.0. The van der Waals surface area contributed by atoms with E-state index in [2.05, 4.69) is 0 Å². The number of carboxylic acids is 1. The molecule has 0 aliphatic carbocycles. The van der Waals surface area contributed by atoms with Gasteiger partial charge in [0, 0.05) is 0 Å². The zero-order chi connectivity index (χ0) is 7.28. The first kappa shape index (κ1) is 17.7. The maximum absolute atomic E-state index is 10.0. The fourth-order valence-corrected chi connectivity index (χ4v) is 0.461. The molecule has 0 amide bonds. The Kier molecular flexibility index (Phi) is 17.2. The van der Waals surface area contributed by atoms with Crippen LogP contribution >= 0.6 is 12.4 Å². The molecule has 1 unspecified atom stereocenters. The van der Waals surface area contributed by atoms with E-state index in [9.17, 15) is 4.79 Å². The van der Waals surface area contributed by atoms with E-state index >= 15 is 0 Å². The van der Waals surface area contributed by atoms with Gasteiger partial charge in [0.25, 0.3) is 0 Å². The number of hydrogen-bond donors (Lipinski definition) is 3. The topological polar surface area (TPSA) is 89.3 Å². The molecule has 0 spiro atoms. The van der Waals surface area contributed by atoms with Gasteiger partial charge in [0.15, 0.2) is 0 Å². The van der Waals surface area contributed by atoms with Crippen LogP contribution in [0, 0.1) is 0 Å². The average Bonchev–Trinajstić information content (AvgIpc) is 1.82. The molecule has 5 N–H and O–H groups in total. The van der Waals surface area contributed by atoms with Crippen LogP contribution in [-0.2, 0) is 4.79 Å². The summed E-state index contributed by atoms with van der Waals surface area (Å²) in [5.74, 6) is -0.955. The van der Waals surface area contributed by atoms with Crippen LogP contribution in [0.4, 0.5) is 0 Å². The number of carbonyl (C=O) groups is 1. The second-order valence-corrected chi connectivity index (χ2v) is 1.88. The molecule has 0 fully saturated rings. The maximum Gasteiger partial charge on any atom is 1.00 e. The molecule has 64 valence electrons. The van der Waals surface area contributed by atoms with Crippen molar-refractivity contribution in [3.8, 4) is 0 Å². The summed E-state index contributed by atoms with van der Waals surface area (Å²) in [6.07, 6.45) is 1.14. The summed E-state index contributed by atoms with van der Waals surface area (Å²) in [7, 11) is 0. The predicted octanol–water partition coefficient (Wildman–Crippen LogP) is -3.32. The summed E-state index contributed by atoms with van der Waals surface area (Å²) in [4.78, 5) is 10.0. The normalized spacial score (nSPS) is 10.7. The number of hydrogen-bond acceptors (Lipinski definition) is 3. The summed E-state index contributed by atoms with van der Waals surface area (Å²) >= 11 is 0. The van der Waals surface area contributed by atoms with Crippen molar-refractivity contribution >= 4 is 18.4 Å². The van der Waals surface area contributed by atoms with Crippen LogP contribution in [0.3, 0.4) is 0 Å². The van der Waals surface area contributed by atoms with E-state index in [1.54, 1.807) is 0 Å². The van der Waals surface area contributed by atoms with E-state index < -0.39 is 12.0 Å². The molecular formula is C5H14ClN2NaO2. The molecule has 0 heterocycles. The molecule has 0 aromatic rings. The fourth-order valence-electron chi connectivity index (χ4n) is 0.461. The SMILES string of the molecule is Cl.NCCCC(N)C(=O)O.[H-].[Na+]. The number of halogens is 1. The van der Waals surface area contributed by atoms with Gasteiger partial charge in [0.2, 0.25) is 0 Å². The average molecular weight is 193 g/mol. The van der Waals surface area contributed by atoms with Crippen LogP contribution in [0.2, 0.25) is 0 Å². The molecule has 0 radical (unpaired) electrons. The van der Waals surface area contributed by atoms with Crippen LogP contribution in [0.25, 0.3) is 0 Å². The van der Waals surface area contributed by atoms with Crippen molar-refractivity contribution < 1.29 is 40.9 Å². The van der Waals surface area contributed by atoms with Crippen LogP contribution in [0.5, 0.6) is 0 Å². The van der Waals surface area contributed by atoms with Gasteiger partial charge in [-0.1, -0.05) is 0 Å². The summed E-state index contributed by atoms with van der Waals surface area (Å²) in [5.41, 5.74) is 10.3. The van der Waals surface area contributed by atoms with Crippen molar-refractivity contribution in [3.63, 3.8) is 0 Å². The first-order valence-corrected chi connectivity index (χ1v) is 2.87. The number of carboxylic acid groups (broad SMARTS) is 1. The molecule has 11 heavy (non-hydrogen) atoms. The van der Waals surface area contributed by atoms with Crippen molar-refractivity contribution in [1.82, 2.24) is 0 Å². The first-order valence-electron chi connectivity index (χ1n) is 2.87. The summed E-state index contributed by atoms with van der Waals surface area (Å²) in [5, 5.41) is 8.24. The molecule has 0 aliphatic rings. The summed E-state index contributed by atoms with van der Waals surface area (Å²) < 4.78 is 0. The van der Waals surface area contributed by atoms with Gasteiger partial charge in [-0.25, -0.2) is 0 Å². The predicted molar refractivity (Wildman–Crippen MR) is 42.3 cm³/mol. The Morgan fingerprint density at radius 1 is 1.64 bits per heavy atom. The van der Waals surface area contributed by atoms with Gasteiger partial charge in [0.05, 0.1) is 0 Å². The van der Waals surface area contributed by atoms with E-state index in [0.717, 1.165) is 0 Å². The summed E-state index contributed by atoms with van der Waals surface area (Å²) in [6, 6.07) is -0.742. The van der Waals surface area contributed by atoms with Crippen molar-refractivity contribution in [2.24, 2.45) is 11.5 Å². The van der Waals surface area contributed by atoms with Crippen molar-refractivity contribution in [2.45, 2.75) is 18.9 Å². The van der Waals surface area contributed by atoms with Gasteiger partial charge in [0.1, 0.15) is 6.04 Å². The van der Waals surface area contributed by atoms with Gasteiger partial charge in [-0.3, -0.25) is 4.79 Å². The van der Waals surface area contributed by atoms with Gasteiger partial charge in [-0.05, 0) is 19.4 Å². The van der Waals surface area contributed by atoms with Gasteiger partial charge in [-0.2, -0.15) is 0 Å². The third-order valence-corrected chi connectivity index (χ3v) is 1.04. The molecule has 1 atom stereocenters.